The van der Waals surface area contributed by atoms with Gasteiger partial charge in [-0.1, -0.05) is 17.8 Å². The van der Waals surface area contributed by atoms with Crippen LogP contribution in [-0.4, -0.2) is 28.5 Å². The number of carbonyl (C=O) groups is 1. The average molecular weight is 522 g/mol. The molecule has 1 amide bonds. The zero-order valence-corrected chi connectivity index (χ0v) is 20.0. The van der Waals surface area contributed by atoms with Gasteiger partial charge in [-0.15, -0.1) is 0 Å². The lowest BCUT2D eigenvalue weighted by Gasteiger charge is -2.20. The molecule has 1 aliphatic heterocycles. The Morgan fingerprint density at radius 1 is 0.971 bits per heavy atom. The van der Waals surface area contributed by atoms with Gasteiger partial charge in [0.1, 0.15) is 29.0 Å². The molecule has 1 N–H and O–H groups in total. The Kier molecular flexibility index (Phi) is 6.82. The minimum atomic E-state index is -3.89. The molecule has 0 bridgehead atoms. The minimum absolute atomic E-state index is 0.0358. The molecule has 3 aromatic rings. The van der Waals surface area contributed by atoms with Crippen LogP contribution < -0.4 is 14.8 Å². The molecule has 0 saturated heterocycles. The molecule has 0 spiro atoms. The molecule has 0 saturated carbocycles. The minimum Gasteiger partial charge on any atom is -0.496 e. The molecule has 6 nitrogen and oxygen atoms in total. The fourth-order valence-corrected chi connectivity index (χ4v) is 5.94. The highest BCUT2D eigenvalue weighted by atomic mass is 32.2. The molecule has 182 valence electrons. The predicted molar refractivity (Wildman–Crippen MR) is 126 cm³/mol. The molecule has 1 aliphatic rings. The summed E-state index contributed by atoms with van der Waals surface area (Å²) in [4.78, 5) is 12.7. The number of nitrogens with one attached hydrogen (secondary N) is 1. The molecule has 0 atom stereocenters. The average Bonchev–Trinajstić information content (AvgIpc) is 2.81. The molecule has 4 rings (SSSR count). The number of fused-ring (bicyclic) bond motifs is 1. The van der Waals surface area contributed by atoms with Gasteiger partial charge in [-0.05, 0) is 36.4 Å². The number of carbonyl (C=O) groups excluding carboxylic acids is 1. The van der Waals surface area contributed by atoms with Crippen molar-refractivity contribution < 1.29 is 35.9 Å². The molecule has 0 aromatic heterocycles. The molecule has 3 aromatic carbocycles. The molecular formula is C24H18F3NO5S2. The van der Waals surface area contributed by atoms with E-state index in [-0.39, 0.29) is 9.80 Å². The summed E-state index contributed by atoms with van der Waals surface area (Å²) in [6.45, 7) is 0. The Hall–Kier alpha value is -3.44. The fourth-order valence-electron chi connectivity index (χ4n) is 3.49. The van der Waals surface area contributed by atoms with E-state index in [1.54, 1.807) is 18.2 Å². The van der Waals surface area contributed by atoms with Crippen molar-refractivity contribution in [2.75, 3.05) is 19.5 Å². The number of hydrogen-bond acceptors (Lipinski definition) is 6. The van der Waals surface area contributed by atoms with Gasteiger partial charge in [0.15, 0.2) is 9.84 Å². The van der Waals surface area contributed by atoms with E-state index in [1.165, 1.54) is 32.4 Å². The van der Waals surface area contributed by atoms with Crippen LogP contribution in [0.1, 0.15) is 11.1 Å². The van der Waals surface area contributed by atoms with Crippen molar-refractivity contribution >= 4 is 39.3 Å². The van der Waals surface area contributed by atoms with Crippen LogP contribution in [0.3, 0.4) is 0 Å². The van der Waals surface area contributed by atoms with E-state index in [0.29, 0.717) is 39.8 Å². The number of ether oxygens (including phenoxy) is 2. The maximum atomic E-state index is 14.1. The summed E-state index contributed by atoms with van der Waals surface area (Å²) in [5, 5.41) is 2.56. The summed E-state index contributed by atoms with van der Waals surface area (Å²) in [7, 11) is -1.05. The maximum absolute atomic E-state index is 14.1. The number of halogens is 3. The zero-order chi connectivity index (χ0) is 25.3. The Labute approximate surface area is 203 Å². The first-order chi connectivity index (χ1) is 16.6. The van der Waals surface area contributed by atoms with E-state index < -0.39 is 44.5 Å². The van der Waals surface area contributed by atoms with Crippen LogP contribution in [0.25, 0.3) is 6.08 Å². The summed E-state index contributed by atoms with van der Waals surface area (Å²) in [5.41, 5.74) is 0.101. The van der Waals surface area contributed by atoms with Gasteiger partial charge in [-0.25, -0.2) is 21.6 Å². The largest absolute Gasteiger partial charge is 0.496 e. The van der Waals surface area contributed by atoms with Gasteiger partial charge in [0.25, 0.3) is 5.91 Å². The molecule has 35 heavy (non-hydrogen) atoms. The fraction of sp³-hybridized carbons (Fsp3) is 0.125. The van der Waals surface area contributed by atoms with Crippen LogP contribution in [0.5, 0.6) is 11.5 Å². The van der Waals surface area contributed by atoms with E-state index in [1.807, 2.05) is 0 Å². The Balaban J connectivity index is 1.69. The van der Waals surface area contributed by atoms with E-state index in [2.05, 4.69) is 5.32 Å². The predicted octanol–water partition coefficient (Wildman–Crippen LogP) is 5.18. The normalized spacial score (nSPS) is 14.4. The van der Waals surface area contributed by atoms with Crippen LogP contribution in [0.4, 0.5) is 18.9 Å². The second-order valence-corrected chi connectivity index (χ2v) is 10.5. The molecule has 11 heteroatoms. The van der Waals surface area contributed by atoms with Crippen LogP contribution in [0.2, 0.25) is 0 Å². The first-order valence-corrected chi connectivity index (χ1v) is 12.5. The summed E-state index contributed by atoms with van der Waals surface area (Å²) < 4.78 is 78.4. The molecule has 0 radical (unpaired) electrons. The van der Waals surface area contributed by atoms with E-state index in [0.717, 1.165) is 17.8 Å². The van der Waals surface area contributed by atoms with Crippen molar-refractivity contribution in [1.29, 1.82) is 0 Å². The van der Waals surface area contributed by atoms with Crippen LogP contribution in [0.15, 0.2) is 63.2 Å². The van der Waals surface area contributed by atoms with Crippen LogP contribution in [-0.2, 0) is 20.4 Å². The highest BCUT2D eigenvalue weighted by molar-refractivity contribution is 8.04. The molecule has 0 unspecified atom stereocenters. The second kappa shape index (κ2) is 9.67. The lowest BCUT2D eigenvalue weighted by molar-refractivity contribution is -0.112. The van der Waals surface area contributed by atoms with Crippen molar-refractivity contribution in [2.45, 2.75) is 15.5 Å². The zero-order valence-electron chi connectivity index (χ0n) is 18.4. The molecular weight excluding hydrogens is 503 g/mol. The lowest BCUT2D eigenvalue weighted by atomic mass is 10.1. The van der Waals surface area contributed by atoms with Crippen molar-refractivity contribution in [3.63, 3.8) is 0 Å². The molecule has 0 fully saturated rings. The van der Waals surface area contributed by atoms with E-state index in [9.17, 15) is 26.4 Å². The van der Waals surface area contributed by atoms with Gasteiger partial charge in [0.2, 0.25) is 0 Å². The Bertz CT molecular complexity index is 1430. The molecule has 1 heterocycles. The van der Waals surface area contributed by atoms with Gasteiger partial charge in [-0.3, -0.25) is 4.79 Å². The van der Waals surface area contributed by atoms with Gasteiger partial charge in [-0.2, -0.15) is 0 Å². The van der Waals surface area contributed by atoms with Gasteiger partial charge in [0, 0.05) is 22.6 Å². The Morgan fingerprint density at radius 2 is 1.60 bits per heavy atom. The summed E-state index contributed by atoms with van der Waals surface area (Å²) in [6, 6.07) is 10.1. The first kappa shape index (κ1) is 24.7. The highest BCUT2D eigenvalue weighted by Crippen LogP contribution is 2.41. The monoisotopic (exact) mass is 521 g/mol. The Morgan fingerprint density at radius 3 is 2.20 bits per heavy atom. The number of thioether (sulfide) groups is 1. The van der Waals surface area contributed by atoms with Gasteiger partial charge >= 0.3 is 0 Å². The number of benzene rings is 3. The van der Waals surface area contributed by atoms with Gasteiger partial charge < -0.3 is 14.8 Å². The number of rotatable bonds is 6. The maximum Gasteiger partial charge on any atom is 0.262 e. The van der Waals surface area contributed by atoms with Crippen molar-refractivity contribution in [3.8, 4) is 11.5 Å². The SMILES string of the molecule is COc1cccc(OC)c1CS(=O)(=O)c1ccc2c(c1)S/C(=C\c1c(F)cc(F)cc1F)C(=O)N2. The van der Waals surface area contributed by atoms with Crippen molar-refractivity contribution in [3.05, 3.63) is 82.0 Å². The van der Waals surface area contributed by atoms with E-state index >= 15 is 0 Å². The molecule has 0 aliphatic carbocycles. The standard InChI is InChI=1S/C24H18F3NO5S2/c1-32-20-4-3-5-21(33-2)16(20)12-35(30,31)14-6-7-19-22(10-14)34-23(24(29)28-19)11-15-17(26)8-13(25)9-18(15)27/h3-11H,12H2,1-2H3,(H,28,29)/b23-11-. The van der Waals surface area contributed by atoms with Crippen molar-refractivity contribution in [1.82, 2.24) is 0 Å². The number of amides is 1. The number of sulfone groups is 1. The third kappa shape index (κ3) is 5.01. The summed E-state index contributed by atoms with van der Waals surface area (Å²) in [6.07, 6.45) is 0.952. The number of hydrogen-bond donors (Lipinski definition) is 1. The number of anilines is 1. The third-order valence-electron chi connectivity index (χ3n) is 5.19. The van der Waals surface area contributed by atoms with Crippen LogP contribution in [0, 0.1) is 17.5 Å². The summed E-state index contributed by atoms with van der Waals surface area (Å²) >= 11 is 0.842. The summed E-state index contributed by atoms with van der Waals surface area (Å²) in [5.74, 6) is -3.78. The second-order valence-electron chi connectivity index (χ2n) is 7.41. The van der Waals surface area contributed by atoms with Crippen molar-refractivity contribution in [2.24, 2.45) is 0 Å². The smallest absolute Gasteiger partial charge is 0.262 e. The quantitative estimate of drug-likeness (QED) is 0.450. The van der Waals surface area contributed by atoms with E-state index in [4.69, 9.17) is 9.47 Å². The lowest BCUT2D eigenvalue weighted by Crippen LogP contribution is -2.18. The number of methoxy groups -OCH3 is 2. The topological polar surface area (TPSA) is 81.7 Å². The first-order valence-electron chi connectivity index (χ1n) is 10.0. The van der Waals surface area contributed by atoms with Gasteiger partial charge in [0.05, 0.1) is 41.0 Å². The van der Waals surface area contributed by atoms with Crippen LogP contribution >= 0.6 is 11.8 Å². The third-order valence-corrected chi connectivity index (χ3v) is 7.91. The highest BCUT2D eigenvalue weighted by Gasteiger charge is 2.26.